The predicted octanol–water partition coefficient (Wildman–Crippen LogP) is 1.79. The van der Waals surface area contributed by atoms with Crippen LogP contribution in [0.3, 0.4) is 0 Å². The Hall–Kier alpha value is -2.86. The van der Waals surface area contributed by atoms with E-state index in [0.717, 1.165) is 19.4 Å². The molecule has 12 heteroatoms. The number of tetrazole rings is 1. The number of thioether (sulfide) groups is 1. The molecule has 1 saturated heterocycles. The smallest absolute Gasteiger partial charge is 0.232 e. The zero-order chi connectivity index (χ0) is 19.3. The molecule has 0 bridgehead atoms. The first-order chi connectivity index (χ1) is 13.7. The van der Waals surface area contributed by atoms with Crippen LogP contribution in [0.5, 0.6) is 0 Å². The van der Waals surface area contributed by atoms with Crippen LogP contribution in [0.2, 0.25) is 0 Å². The van der Waals surface area contributed by atoms with E-state index in [4.69, 9.17) is 10.5 Å². The van der Waals surface area contributed by atoms with Gasteiger partial charge in [0.05, 0.1) is 18.4 Å². The average Bonchev–Trinajstić information content (AvgIpc) is 3.34. The average molecular weight is 403 g/mol. The summed E-state index contributed by atoms with van der Waals surface area (Å²) in [6.45, 7) is 1.40. The lowest BCUT2D eigenvalue weighted by Gasteiger charge is -2.10. The summed E-state index contributed by atoms with van der Waals surface area (Å²) in [6.07, 6.45) is 2.21. The summed E-state index contributed by atoms with van der Waals surface area (Å²) in [5.74, 6) is 0.951. The fourth-order valence-corrected chi connectivity index (χ4v) is 3.49. The van der Waals surface area contributed by atoms with Crippen molar-refractivity contribution in [2.24, 2.45) is 0 Å². The molecule has 0 amide bonds. The lowest BCUT2D eigenvalue weighted by atomic mass is 10.2. The summed E-state index contributed by atoms with van der Waals surface area (Å²) in [5, 5.41) is 15.5. The molecule has 1 atom stereocenters. The van der Waals surface area contributed by atoms with Crippen LogP contribution in [0.1, 0.15) is 18.7 Å². The maximum atomic E-state index is 13.0. The number of ether oxygens (including phenoxy) is 1. The van der Waals surface area contributed by atoms with Gasteiger partial charge in [0, 0.05) is 12.3 Å². The Kier molecular flexibility index (Phi) is 5.58. The van der Waals surface area contributed by atoms with Gasteiger partial charge in [-0.3, -0.25) is 0 Å². The van der Waals surface area contributed by atoms with Crippen molar-refractivity contribution in [2.75, 3.05) is 17.7 Å². The van der Waals surface area contributed by atoms with Crippen LogP contribution >= 0.6 is 11.8 Å². The molecule has 1 fully saturated rings. The summed E-state index contributed by atoms with van der Waals surface area (Å²) in [7, 11) is 0. The fraction of sp³-hybridized carbons (Fsp3) is 0.375. The molecule has 1 unspecified atom stereocenters. The van der Waals surface area contributed by atoms with Crippen LogP contribution < -0.4 is 11.1 Å². The van der Waals surface area contributed by atoms with Crippen molar-refractivity contribution in [3.8, 4) is 0 Å². The predicted molar refractivity (Wildman–Crippen MR) is 100 cm³/mol. The molecule has 0 spiro atoms. The van der Waals surface area contributed by atoms with Gasteiger partial charge in [-0.25, -0.2) is 9.07 Å². The molecule has 3 aromatic rings. The number of rotatable bonds is 7. The van der Waals surface area contributed by atoms with Gasteiger partial charge in [0.1, 0.15) is 11.6 Å². The van der Waals surface area contributed by atoms with Crippen molar-refractivity contribution in [1.82, 2.24) is 35.2 Å². The number of nitrogens with one attached hydrogen (secondary N) is 1. The molecule has 1 aromatic carbocycles. The maximum Gasteiger partial charge on any atom is 0.232 e. The number of nitrogens with two attached hydrogens (primary N) is 1. The lowest BCUT2D eigenvalue weighted by molar-refractivity contribution is 0.0912. The Balaban J connectivity index is 1.42. The number of hydrogen-bond donors (Lipinski definition) is 2. The van der Waals surface area contributed by atoms with Gasteiger partial charge in [0.25, 0.3) is 0 Å². The van der Waals surface area contributed by atoms with Crippen molar-refractivity contribution < 1.29 is 9.13 Å². The third kappa shape index (κ3) is 4.70. The molecule has 1 aliphatic heterocycles. The Morgan fingerprint density at radius 3 is 2.89 bits per heavy atom. The zero-order valence-electron chi connectivity index (χ0n) is 14.8. The van der Waals surface area contributed by atoms with Gasteiger partial charge in [-0.05, 0) is 47.5 Å². The second-order valence-corrected chi connectivity index (χ2v) is 7.08. The molecule has 0 aliphatic carbocycles. The summed E-state index contributed by atoms with van der Waals surface area (Å²) >= 11 is 1.40. The van der Waals surface area contributed by atoms with Crippen molar-refractivity contribution >= 4 is 29.3 Å². The highest BCUT2D eigenvalue weighted by atomic mass is 32.2. The lowest BCUT2D eigenvalue weighted by Crippen LogP contribution is -2.17. The van der Waals surface area contributed by atoms with E-state index in [9.17, 15) is 4.39 Å². The maximum absolute atomic E-state index is 13.0. The van der Waals surface area contributed by atoms with Crippen LogP contribution in [-0.4, -0.2) is 47.9 Å². The fourth-order valence-electron chi connectivity index (χ4n) is 2.75. The number of nitrogens with zero attached hydrogens (tertiary/aromatic N) is 7. The highest BCUT2D eigenvalue weighted by molar-refractivity contribution is 7.98. The van der Waals surface area contributed by atoms with Gasteiger partial charge in [-0.1, -0.05) is 11.8 Å². The molecule has 3 heterocycles. The summed E-state index contributed by atoms with van der Waals surface area (Å²) < 4.78 is 20.4. The molecule has 0 saturated carbocycles. The van der Waals surface area contributed by atoms with E-state index in [1.807, 2.05) is 0 Å². The molecule has 146 valence electrons. The summed E-state index contributed by atoms with van der Waals surface area (Å²) in [4.78, 5) is 12.6. The number of benzene rings is 1. The number of hydrogen-bond acceptors (Lipinski definition) is 10. The molecule has 0 radical (unpaired) electrons. The quantitative estimate of drug-likeness (QED) is 0.563. The number of aromatic nitrogens is 7. The largest absolute Gasteiger partial charge is 0.376 e. The van der Waals surface area contributed by atoms with Crippen LogP contribution in [0.25, 0.3) is 0 Å². The van der Waals surface area contributed by atoms with E-state index in [1.165, 1.54) is 23.9 Å². The second kappa shape index (κ2) is 8.44. The standard InChI is InChI=1S/C16H18FN9OS/c17-10-3-5-11(6-4-10)19-15-21-13(20-14(18)22-15)9-28-16-23-24-25-26(16)8-12-2-1-7-27-12/h3-6,12H,1-2,7-9H2,(H3,18,19,20,21,22). The van der Waals surface area contributed by atoms with Gasteiger partial charge in [0.2, 0.25) is 17.1 Å². The minimum Gasteiger partial charge on any atom is -0.376 e. The third-order valence-electron chi connectivity index (χ3n) is 4.03. The zero-order valence-corrected chi connectivity index (χ0v) is 15.6. The summed E-state index contributed by atoms with van der Waals surface area (Å²) in [5.41, 5.74) is 6.44. The topological polar surface area (TPSA) is 130 Å². The van der Waals surface area contributed by atoms with Crippen molar-refractivity contribution in [3.05, 3.63) is 35.9 Å². The first-order valence-corrected chi connectivity index (χ1v) is 9.68. The minimum atomic E-state index is -0.321. The number of nitrogen functional groups attached to an aromatic ring is 1. The van der Waals surface area contributed by atoms with Crippen LogP contribution in [0.15, 0.2) is 29.4 Å². The summed E-state index contributed by atoms with van der Waals surface area (Å²) in [6, 6.07) is 5.86. The van der Waals surface area contributed by atoms with E-state index in [1.54, 1.807) is 16.8 Å². The van der Waals surface area contributed by atoms with Gasteiger partial charge >= 0.3 is 0 Å². The second-order valence-electron chi connectivity index (χ2n) is 6.13. The molecular formula is C16H18FN9OS. The van der Waals surface area contributed by atoms with Gasteiger partial charge in [0.15, 0.2) is 0 Å². The number of halogens is 1. The van der Waals surface area contributed by atoms with Crippen molar-refractivity contribution in [1.29, 1.82) is 0 Å². The molecule has 2 aromatic heterocycles. The first-order valence-electron chi connectivity index (χ1n) is 8.69. The normalized spacial score (nSPS) is 16.4. The van der Waals surface area contributed by atoms with E-state index < -0.39 is 0 Å². The SMILES string of the molecule is Nc1nc(CSc2nnnn2CC2CCCO2)nc(Nc2ccc(F)cc2)n1. The van der Waals surface area contributed by atoms with E-state index >= 15 is 0 Å². The third-order valence-corrected chi connectivity index (χ3v) is 4.98. The van der Waals surface area contributed by atoms with E-state index in [-0.39, 0.29) is 23.8 Å². The van der Waals surface area contributed by atoms with Crippen molar-refractivity contribution in [2.45, 2.75) is 36.4 Å². The van der Waals surface area contributed by atoms with E-state index in [2.05, 4.69) is 35.8 Å². The first kappa shape index (κ1) is 18.5. The van der Waals surface area contributed by atoms with Gasteiger partial charge in [-0.2, -0.15) is 15.0 Å². The molecular weight excluding hydrogens is 385 g/mol. The Labute approximate surface area is 164 Å². The molecule has 10 nitrogen and oxygen atoms in total. The molecule has 28 heavy (non-hydrogen) atoms. The number of anilines is 3. The highest BCUT2D eigenvalue weighted by Crippen LogP contribution is 2.22. The monoisotopic (exact) mass is 403 g/mol. The Morgan fingerprint density at radius 1 is 1.25 bits per heavy atom. The molecule has 1 aliphatic rings. The van der Waals surface area contributed by atoms with Crippen LogP contribution in [-0.2, 0) is 17.0 Å². The van der Waals surface area contributed by atoms with E-state index in [0.29, 0.717) is 29.0 Å². The molecule has 3 N–H and O–H groups in total. The highest BCUT2D eigenvalue weighted by Gasteiger charge is 2.19. The van der Waals surface area contributed by atoms with Crippen molar-refractivity contribution in [3.63, 3.8) is 0 Å². The van der Waals surface area contributed by atoms with Gasteiger partial charge < -0.3 is 15.8 Å². The Morgan fingerprint density at radius 2 is 2.11 bits per heavy atom. The van der Waals surface area contributed by atoms with Crippen LogP contribution in [0.4, 0.5) is 22.0 Å². The minimum absolute atomic E-state index is 0.0918. The molecule has 4 rings (SSSR count). The van der Waals surface area contributed by atoms with Crippen LogP contribution in [0, 0.1) is 5.82 Å². The Bertz CT molecular complexity index is 930. The van der Waals surface area contributed by atoms with Gasteiger partial charge in [-0.15, -0.1) is 5.10 Å².